The van der Waals surface area contributed by atoms with E-state index < -0.39 is 10.1 Å². The lowest BCUT2D eigenvalue weighted by Crippen LogP contribution is -2.50. The van der Waals surface area contributed by atoms with E-state index in [4.69, 9.17) is 13.0 Å². The van der Waals surface area contributed by atoms with Gasteiger partial charge in [0, 0.05) is 6.26 Å². The maximum absolute atomic E-state index is 9.08. The summed E-state index contributed by atoms with van der Waals surface area (Å²) < 4.78 is 28.7. The lowest BCUT2D eigenvalue weighted by molar-refractivity contribution is -0.929. The van der Waals surface area contributed by atoms with E-state index >= 15 is 0 Å². The van der Waals surface area contributed by atoms with E-state index in [1.807, 2.05) is 0 Å². The van der Waals surface area contributed by atoms with Gasteiger partial charge in [-0.3, -0.25) is 0 Å². The molecule has 0 rings (SSSR count). The molecule has 5 heteroatoms. The summed E-state index contributed by atoms with van der Waals surface area (Å²) in [5.41, 5.74) is 0. The highest BCUT2D eigenvalue weighted by atomic mass is 32.2. The molecule has 4 nitrogen and oxygen atoms in total. The Hall–Kier alpha value is -0.130. The van der Waals surface area contributed by atoms with Gasteiger partial charge in [0.25, 0.3) is 0 Å². The fraction of sp³-hybridized carbons (Fsp3) is 1.00. The molecule has 0 atom stereocenters. The monoisotopic (exact) mass is 618 g/mol. The molecule has 0 aromatic heterocycles. The SMILES string of the molecule is CCCCCCCCCCCC[N+](CCCCCCCC)(CCCCCCCC)CCCCCCCC.CS(=O)(=O)[O-]. The Labute approximate surface area is 266 Å². The summed E-state index contributed by atoms with van der Waals surface area (Å²) in [5.74, 6) is 0. The Morgan fingerprint density at radius 3 is 0.667 bits per heavy atom. The van der Waals surface area contributed by atoms with Crippen molar-refractivity contribution in [2.24, 2.45) is 0 Å². The van der Waals surface area contributed by atoms with Crippen molar-refractivity contribution >= 4 is 10.1 Å². The maximum atomic E-state index is 9.08. The molecule has 0 unspecified atom stereocenters. The molecule has 0 N–H and O–H groups in total. The van der Waals surface area contributed by atoms with Crippen LogP contribution in [-0.2, 0) is 10.1 Å². The minimum Gasteiger partial charge on any atom is -0.748 e. The summed E-state index contributed by atoms with van der Waals surface area (Å²) in [7, 11) is -3.92. The minimum atomic E-state index is -3.92. The van der Waals surface area contributed by atoms with E-state index in [1.54, 1.807) is 0 Å². The Kier molecular flexibility index (Phi) is 35.4. The standard InChI is InChI=1S/C36H76N.CH4O3S/c1-5-9-13-17-21-22-23-24-28-32-36-37(33-29-25-18-14-10-6-2,34-30-26-19-15-11-7-3)35-31-27-20-16-12-8-4;1-5(2,3)4/h5-36H2,1-4H3;1H3,(H,2,3,4)/q+1;/p-1. The second kappa shape index (κ2) is 33.8. The van der Waals surface area contributed by atoms with Gasteiger partial charge in [-0.1, -0.05) is 156 Å². The highest BCUT2D eigenvalue weighted by Gasteiger charge is 2.25. The predicted octanol–water partition coefficient (Wildman–Crippen LogP) is 12.0. The van der Waals surface area contributed by atoms with Crippen LogP contribution in [0.25, 0.3) is 0 Å². The molecule has 0 amide bonds. The van der Waals surface area contributed by atoms with Crippen molar-refractivity contribution in [3.05, 3.63) is 0 Å². The van der Waals surface area contributed by atoms with Gasteiger partial charge in [-0.15, -0.1) is 0 Å². The molecule has 0 saturated carbocycles. The van der Waals surface area contributed by atoms with E-state index in [2.05, 4.69) is 27.7 Å². The first-order chi connectivity index (χ1) is 20.2. The van der Waals surface area contributed by atoms with E-state index in [-0.39, 0.29) is 0 Å². The van der Waals surface area contributed by atoms with Crippen LogP contribution >= 0.6 is 0 Å². The molecular weight excluding hydrogens is 538 g/mol. The molecule has 0 aliphatic heterocycles. The lowest BCUT2D eigenvalue weighted by atomic mass is 10.0. The largest absolute Gasteiger partial charge is 0.748 e. The highest BCUT2D eigenvalue weighted by Crippen LogP contribution is 2.21. The zero-order valence-electron chi connectivity index (χ0n) is 29.7. The van der Waals surface area contributed by atoms with Crippen molar-refractivity contribution in [1.82, 2.24) is 0 Å². The zero-order valence-corrected chi connectivity index (χ0v) is 30.5. The number of hydrogen-bond donors (Lipinski definition) is 0. The summed E-state index contributed by atoms with van der Waals surface area (Å²) in [6.07, 6.45) is 41.4. The molecule has 0 aromatic carbocycles. The van der Waals surface area contributed by atoms with Crippen LogP contribution in [0.4, 0.5) is 0 Å². The first-order valence-electron chi connectivity index (χ1n) is 19.0. The maximum Gasteiger partial charge on any atom is 0.0916 e. The molecular formula is C37H79NO3S. The molecule has 256 valence electrons. The Morgan fingerprint density at radius 2 is 0.500 bits per heavy atom. The summed E-state index contributed by atoms with van der Waals surface area (Å²) in [4.78, 5) is 0. The number of rotatable bonds is 32. The van der Waals surface area contributed by atoms with Gasteiger partial charge in [0.15, 0.2) is 0 Å². The summed E-state index contributed by atoms with van der Waals surface area (Å²) in [6.45, 7) is 15.3. The first kappa shape index (κ1) is 44.0. The number of hydrogen-bond acceptors (Lipinski definition) is 3. The predicted molar refractivity (Wildman–Crippen MR) is 187 cm³/mol. The lowest BCUT2D eigenvalue weighted by Gasteiger charge is -2.40. The molecule has 0 bridgehead atoms. The van der Waals surface area contributed by atoms with E-state index in [9.17, 15) is 0 Å². The topological polar surface area (TPSA) is 57.2 Å². The Balaban J connectivity index is 0. The normalized spacial score (nSPS) is 12.0. The molecule has 0 radical (unpaired) electrons. The third kappa shape index (κ3) is 37.9. The van der Waals surface area contributed by atoms with Gasteiger partial charge in [-0.2, -0.15) is 0 Å². The molecule has 0 aliphatic carbocycles. The van der Waals surface area contributed by atoms with Crippen LogP contribution in [0.5, 0.6) is 0 Å². The van der Waals surface area contributed by atoms with Crippen LogP contribution in [0.1, 0.15) is 207 Å². The van der Waals surface area contributed by atoms with Crippen molar-refractivity contribution in [1.29, 1.82) is 0 Å². The first-order valence-corrected chi connectivity index (χ1v) is 20.8. The zero-order chi connectivity index (χ0) is 31.6. The average Bonchev–Trinajstić information content (AvgIpc) is 2.94. The molecule has 0 saturated heterocycles. The second-order valence-corrected chi connectivity index (χ2v) is 14.8. The van der Waals surface area contributed by atoms with Crippen LogP contribution < -0.4 is 0 Å². The third-order valence-corrected chi connectivity index (χ3v) is 8.94. The van der Waals surface area contributed by atoms with E-state index in [0.717, 1.165) is 0 Å². The van der Waals surface area contributed by atoms with Crippen LogP contribution in [0.15, 0.2) is 0 Å². The van der Waals surface area contributed by atoms with Crippen LogP contribution in [0.2, 0.25) is 0 Å². The Bertz CT molecular complexity index is 559. The second-order valence-electron chi connectivity index (χ2n) is 13.4. The van der Waals surface area contributed by atoms with Gasteiger partial charge in [-0.05, 0) is 51.4 Å². The smallest absolute Gasteiger partial charge is 0.0916 e. The number of unbranched alkanes of at least 4 members (excludes halogenated alkanes) is 24. The van der Waals surface area contributed by atoms with Crippen LogP contribution in [-0.4, -0.2) is 49.9 Å². The third-order valence-electron chi connectivity index (χ3n) is 8.94. The van der Waals surface area contributed by atoms with Gasteiger partial charge < -0.3 is 9.04 Å². The van der Waals surface area contributed by atoms with E-state index in [0.29, 0.717) is 6.26 Å². The van der Waals surface area contributed by atoms with Crippen molar-refractivity contribution < 1.29 is 17.5 Å². The molecule has 0 spiro atoms. The van der Waals surface area contributed by atoms with Gasteiger partial charge in [0.1, 0.15) is 0 Å². The van der Waals surface area contributed by atoms with E-state index in [1.165, 1.54) is 210 Å². The van der Waals surface area contributed by atoms with Gasteiger partial charge >= 0.3 is 0 Å². The van der Waals surface area contributed by atoms with Crippen molar-refractivity contribution in [2.45, 2.75) is 207 Å². The molecule has 0 fully saturated rings. The van der Waals surface area contributed by atoms with Crippen molar-refractivity contribution in [3.8, 4) is 0 Å². The van der Waals surface area contributed by atoms with Crippen LogP contribution in [0, 0.1) is 0 Å². The van der Waals surface area contributed by atoms with Gasteiger partial charge in [0.05, 0.1) is 36.3 Å². The molecule has 0 aliphatic rings. The summed E-state index contributed by atoms with van der Waals surface area (Å²) in [5, 5.41) is 0. The Morgan fingerprint density at radius 1 is 0.357 bits per heavy atom. The summed E-state index contributed by atoms with van der Waals surface area (Å²) in [6, 6.07) is 0. The minimum absolute atomic E-state index is 0.604. The molecule has 0 heterocycles. The number of quaternary nitrogens is 1. The quantitative estimate of drug-likeness (QED) is 0.0428. The molecule has 42 heavy (non-hydrogen) atoms. The average molecular weight is 618 g/mol. The van der Waals surface area contributed by atoms with Gasteiger partial charge in [-0.25, -0.2) is 8.42 Å². The molecule has 0 aromatic rings. The summed E-state index contributed by atoms with van der Waals surface area (Å²) >= 11 is 0. The van der Waals surface area contributed by atoms with Crippen LogP contribution in [0.3, 0.4) is 0 Å². The van der Waals surface area contributed by atoms with Crippen molar-refractivity contribution in [2.75, 3.05) is 32.4 Å². The number of nitrogens with zero attached hydrogens (tertiary/aromatic N) is 1. The van der Waals surface area contributed by atoms with Crippen molar-refractivity contribution in [3.63, 3.8) is 0 Å². The highest BCUT2D eigenvalue weighted by molar-refractivity contribution is 7.84. The van der Waals surface area contributed by atoms with Gasteiger partial charge in [0.2, 0.25) is 0 Å². The fourth-order valence-corrected chi connectivity index (χ4v) is 6.29. The fourth-order valence-electron chi connectivity index (χ4n) is 6.29.